The number of amides is 4. The number of hydrogen-bond donors (Lipinski definition) is 9. The van der Waals surface area contributed by atoms with Crippen LogP contribution in [0.3, 0.4) is 0 Å². The molecule has 0 aromatic rings. The Hall–Kier alpha value is -3.30. The zero-order chi connectivity index (χ0) is 26.4. The molecule has 0 aromatic carbocycles. The number of unbranched alkanes of at least 4 members (excludes halogenated alkanes) is 1. The van der Waals surface area contributed by atoms with Crippen molar-refractivity contribution in [2.75, 3.05) is 6.54 Å². The van der Waals surface area contributed by atoms with E-state index in [-0.39, 0.29) is 6.42 Å². The number of carboxylic acid groups (broad SMARTS) is 2. The lowest BCUT2D eigenvalue weighted by atomic mass is 10.1. The summed E-state index contributed by atoms with van der Waals surface area (Å²) in [5, 5.41) is 34.8. The van der Waals surface area contributed by atoms with E-state index in [0.29, 0.717) is 19.4 Å². The van der Waals surface area contributed by atoms with E-state index in [9.17, 15) is 39.0 Å². The summed E-state index contributed by atoms with van der Waals surface area (Å²) in [6, 6.07) is -5.81. The second-order valence-electron chi connectivity index (χ2n) is 7.68. The maximum absolute atomic E-state index is 12.7. The Balaban J connectivity index is 5.44. The number of rotatable bonds is 17. The Morgan fingerprint density at radius 3 is 1.91 bits per heavy atom. The first-order valence-corrected chi connectivity index (χ1v) is 10.6. The van der Waals surface area contributed by atoms with Gasteiger partial charge in [-0.05, 0) is 39.2 Å². The van der Waals surface area contributed by atoms with E-state index >= 15 is 0 Å². The number of primary amides is 1. The van der Waals surface area contributed by atoms with Crippen LogP contribution in [0.25, 0.3) is 0 Å². The summed E-state index contributed by atoms with van der Waals surface area (Å²) in [7, 11) is 0. The second-order valence-corrected chi connectivity index (χ2v) is 7.68. The summed E-state index contributed by atoms with van der Waals surface area (Å²) in [6.45, 7) is 1.50. The molecule has 12 N–H and O–H groups in total. The highest BCUT2D eigenvalue weighted by molar-refractivity contribution is 5.95. The molecule has 5 atom stereocenters. The number of aliphatic carboxylic acids is 2. The van der Waals surface area contributed by atoms with Gasteiger partial charge >= 0.3 is 11.9 Å². The molecule has 0 aliphatic rings. The standard InChI is InChI=1S/C19H34N6O9/c1-9(26)15(18(32)24-12(19(33)34)4-2-3-7-20)25-17(31)11(5-6-14(28)29)23-16(30)10(21)8-13(22)27/h9-12,15,26H,2-8,20-21H2,1H3,(H2,22,27)(H,23,30)(H,24,32)(H,25,31)(H,28,29)(H,33,34). The highest BCUT2D eigenvalue weighted by Crippen LogP contribution is 2.05. The van der Waals surface area contributed by atoms with Crippen molar-refractivity contribution in [3.05, 3.63) is 0 Å². The SMILES string of the molecule is CC(O)C(NC(=O)C(CCC(=O)O)NC(=O)C(N)CC(N)=O)C(=O)NC(CCCCN)C(=O)O. The van der Waals surface area contributed by atoms with Crippen molar-refractivity contribution >= 4 is 35.6 Å². The van der Waals surface area contributed by atoms with Crippen molar-refractivity contribution in [3.63, 3.8) is 0 Å². The van der Waals surface area contributed by atoms with Gasteiger partial charge in [-0.1, -0.05) is 0 Å². The molecule has 0 aliphatic heterocycles. The zero-order valence-corrected chi connectivity index (χ0v) is 18.9. The molecule has 0 aliphatic carbocycles. The minimum atomic E-state index is -1.62. The lowest BCUT2D eigenvalue weighted by Gasteiger charge is -2.26. The molecule has 0 aromatic heterocycles. The molecule has 0 radical (unpaired) electrons. The van der Waals surface area contributed by atoms with E-state index < -0.39 is 85.1 Å². The third-order valence-electron chi connectivity index (χ3n) is 4.66. The van der Waals surface area contributed by atoms with Crippen LogP contribution < -0.4 is 33.2 Å². The van der Waals surface area contributed by atoms with Gasteiger partial charge in [-0.2, -0.15) is 0 Å². The fourth-order valence-corrected chi connectivity index (χ4v) is 2.80. The number of carbonyl (C=O) groups excluding carboxylic acids is 4. The van der Waals surface area contributed by atoms with Gasteiger partial charge in [0.15, 0.2) is 0 Å². The van der Waals surface area contributed by atoms with Crippen LogP contribution in [-0.4, -0.2) is 87.7 Å². The van der Waals surface area contributed by atoms with Crippen LogP contribution in [0.2, 0.25) is 0 Å². The number of carboxylic acids is 2. The molecule has 0 rings (SSSR count). The van der Waals surface area contributed by atoms with Crippen molar-refractivity contribution < 1.29 is 44.1 Å². The van der Waals surface area contributed by atoms with Gasteiger partial charge in [-0.3, -0.25) is 24.0 Å². The molecular formula is C19H34N6O9. The van der Waals surface area contributed by atoms with Gasteiger partial charge in [0.1, 0.15) is 18.1 Å². The Labute approximate surface area is 195 Å². The maximum Gasteiger partial charge on any atom is 0.326 e. The molecule has 0 spiro atoms. The lowest BCUT2D eigenvalue weighted by Crippen LogP contribution is -2.60. The Morgan fingerprint density at radius 2 is 1.44 bits per heavy atom. The Morgan fingerprint density at radius 1 is 0.853 bits per heavy atom. The zero-order valence-electron chi connectivity index (χ0n) is 18.9. The molecule has 194 valence electrons. The average molecular weight is 491 g/mol. The number of aliphatic hydroxyl groups excluding tert-OH is 1. The third kappa shape index (κ3) is 12.1. The summed E-state index contributed by atoms with van der Waals surface area (Å²) >= 11 is 0. The first-order chi connectivity index (χ1) is 15.8. The third-order valence-corrected chi connectivity index (χ3v) is 4.66. The topological polar surface area (TPSA) is 277 Å². The fraction of sp³-hybridized carbons (Fsp3) is 0.684. The molecule has 0 saturated heterocycles. The highest BCUT2D eigenvalue weighted by Gasteiger charge is 2.33. The summed E-state index contributed by atoms with van der Waals surface area (Å²) in [4.78, 5) is 70.8. The monoisotopic (exact) mass is 490 g/mol. The van der Waals surface area contributed by atoms with E-state index in [1.807, 2.05) is 0 Å². The molecule has 15 heteroatoms. The molecule has 0 fully saturated rings. The molecule has 5 unspecified atom stereocenters. The number of hydrogen-bond acceptors (Lipinski definition) is 9. The van der Waals surface area contributed by atoms with Crippen LogP contribution in [0.5, 0.6) is 0 Å². The molecule has 4 amide bonds. The average Bonchev–Trinajstić information content (AvgIpc) is 2.72. The number of nitrogens with one attached hydrogen (secondary N) is 3. The van der Waals surface area contributed by atoms with Crippen molar-refractivity contribution in [2.24, 2.45) is 17.2 Å². The summed E-state index contributed by atoms with van der Waals surface area (Å²) in [5.41, 5.74) is 15.9. The van der Waals surface area contributed by atoms with Gasteiger partial charge in [0.25, 0.3) is 0 Å². The number of carbonyl (C=O) groups is 6. The number of nitrogens with two attached hydrogens (primary N) is 3. The van der Waals surface area contributed by atoms with Gasteiger partial charge < -0.3 is 48.5 Å². The first-order valence-electron chi connectivity index (χ1n) is 10.6. The quantitative estimate of drug-likeness (QED) is 0.0888. The van der Waals surface area contributed by atoms with E-state index in [0.717, 1.165) is 0 Å². The van der Waals surface area contributed by atoms with E-state index in [2.05, 4.69) is 16.0 Å². The van der Waals surface area contributed by atoms with Crippen molar-refractivity contribution in [1.29, 1.82) is 0 Å². The Bertz CT molecular complexity index is 746. The predicted octanol–water partition coefficient (Wildman–Crippen LogP) is -3.90. The van der Waals surface area contributed by atoms with Crippen LogP contribution in [0.1, 0.15) is 45.4 Å². The summed E-state index contributed by atoms with van der Waals surface area (Å²) < 4.78 is 0. The molecular weight excluding hydrogens is 456 g/mol. The van der Waals surface area contributed by atoms with Crippen molar-refractivity contribution in [2.45, 2.75) is 75.7 Å². The van der Waals surface area contributed by atoms with Crippen LogP contribution >= 0.6 is 0 Å². The van der Waals surface area contributed by atoms with Gasteiger partial charge in [-0.15, -0.1) is 0 Å². The first kappa shape index (κ1) is 30.7. The van der Waals surface area contributed by atoms with Crippen molar-refractivity contribution in [3.8, 4) is 0 Å². The van der Waals surface area contributed by atoms with Gasteiger partial charge in [0.05, 0.1) is 18.6 Å². The molecule has 15 nitrogen and oxygen atoms in total. The maximum atomic E-state index is 12.7. The van der Waals surface area contributed by atoms with Crippen LogP contribution in [0.4, 0.5) is 0 Å². The normalized spacial score (nSPS) is 15.2. The van der Waals surface area contributed by atoms with Crippen LogP contribution in [-0.2, 0) is 28.8 Å². The fourth-order valence-electron chi connectivity index (χ4n) is 2.80. The molecule has 0 saturated carbocycles. The summed E-state index contributed by atoms with van der Waals surface area (Å²) in [5.74, 6) is -6.47. The minimum Gasteiger partial charge on any atom is -0.481 e. The van der Waals surface area contributed by atoms with Crippen LogP contribution in [0.15, 0.2) is 0 Å². The molecule has 34 heavy (non-hydrogen) atoms. The van der Waals surface area contributed by atoms with Crippen LogP contribution in [0, 0.1) is 0 Å². The second kappa shape index (κ2) is 15.5. The van der Waals surface area contributed by atoms with Gasteiger partial charge in [-0.25, -0.2) is 4.79 Å². The lowest BCUT2D eigenvalue weighted by molar-refractivity contribution is -0.143. The molecule has 0 heterocycles. The van der Waals surface area contributed by atoms with Gasteiger partial charge in [0, 0.05) is 6.42 Å². The minimum absolute atomic E-state index is 0.0633. The predicted molar refractivity (Wildman–Crippen MR) is 117 cm³/mol. The van der Waals surface area contributed by atoms with E-state index in [4.69, 9.17) is 22.3 Å². The van der Waals surface area contributed by atoms with Gasteiger partial charge in [0.2, 0.25) is 23.6 Å². The van der Waals surface area contributed by atoms with E-state index in [1.54, 1.807) is 0 Å². The smallest absolute Gasteiger partial charge is 0.326 e. The van der Waals surface area contributed by atoms with E-state index in [1.165, 1.54) is 6.92 Å². The Kier molecular flexibility index (Phi) is 14.0. The van der Waals surface area contributed by atoms with Crippen molar-refractivity contribution in [1.82, 2.24) is 16.0 Å². The highest BCUT2D eigenvalue weighted by atomic mass is 16.4. The largest absolute Gasteiger partial charge is 0.481 e. The number of aliphatic hydroxyl groups is 1. The molecule has 0 bridgehead atoms. The summed E-state index contributed by atoms with van der Waals surface area (Å²) in [6.07, 6.45) is -1.95.